The summed E-state index contributed by atoms with van der Waals surface area (Å²) in [6.07, 6.45) is 0. The second-order valence-electron chi connectivity index (χ2n) is 5.71. The Labute approximate surface area is 168 Å². The summed E-state index contributed by atoms with van der Waals surface area (Å²) in [5.41, 5.74) is 0.959. The summed E-state index contributed by atoms with van der Waals surface area (Å²) in [6.45, 7) is 1.45. The highest BCUT2D eigenvalue weighted by Crippen LogP contribution is 2.26. The number of methoxy groups -OCH3 is 1. The molecule has 0 saturated heterocycles. The van der Waals surface area contributed by atoms with Crippen molar-refractivity contribution >= 4 is 39.1 Å². The van der Waals surface area contributed by atoms with E-state index < -0.39 is 10.0 Å². The van der Waals surface area contributed by atoms with Gasteiger partial charge in [0, 0.05) is 36.3 Å². The Morgan fingerprint density at radius 3 is 2.36 bits per heavy atom. The highest BCUT2D eigenvalue weighted by molar-refractivity contribution is 7.89. The molecule has 2 aromatic carbocycles. The average molecular weight is 426 g/mol. The molecule has 0 bridgehead atoms. The molecule has 2 aromatic rings. The maximum Gasteiger partial charge on any atom is 0.251 e. The number of nitrogens with one attached hydrogen (secondary N) is 3. The van der Waals surface area contributed by atoms with E-state index in [2.05, 4.69) is 15.4 Å². The van der Waals surface area contributed by atoms with Gasteiger partial charge in [-0.2, -0.15) is 0 Å². The Hall–Kier alpha value is -2.62. The van der Waals surface area contributed by atoms with Crippen molar-refractivity contribution in [3.8, 4) is 5.75 Å². The van der Waals surface area contributed by atoms with Gasteiger partial charge in [-0.3, -0.25) is 9.59 Å². The number of carbonyl (C=O) groups is 2. The first kappa shape index (κ1) is 21.7. The number of hydrogen-bond acceptors (Lipinski definition) is 5. The lowest BCUT2D eigenvalue weighted by Crippen LogP contribution is -2.34. The van der Waals surface area contributed by atoms with Crippen LogP contribution < -0.4 is 20.1 Å². The minimum Gasteiger partial charge on any atom is -0.495 e. The first-order valence-corrected chi connectivity index (χ1v) is 10.1. The quantitative estimate of drug-likeness (QED) is 0.560. The fourth-order valence-corrected chi connectivity index (χ4v) is 3.77. The second kappa shape index (κ2) is 9.54. The van der Waals surface area contributed by atoms with Crippen LogP contribution in [0.5, 0.6) is 5.75 Å². The molecule has 28 heavy (non-hydrogen) atoms. The highest BCUT2D eigenvalue weighted by Gasteiger charge is 2.19. The second-order valence-corrected chi connectivity index (χ2v) is 7.88. The van der Waals surface area contributed by atoms with Crippen LogP contribution in [0.25, 0.3) is 0 Å². The Kier molecular flexibility index (Phi) is 7.38. The summed E-state index contributed by atoms with van der Waals surface area (Å²) < 4.78 is 32.2. The number of ether oxygens (including phenoxy) is 1. The molecule has 0 aromatic heterocycles. The smallest absolute Gasteiger partial charge is 0.251 e. The van der Waals surface area contributed by atoms with Gasteiger partial charge in [0.05, 0.1) is 7.11 Å². The monoisotopic (exact) mass is 425 g/mol. The normalized spacial score (nSPS) is 11.0. The summed E-state index contributed by atoms with van der Waals surface area (Å²) in [5.74, 6) is -0.407. The lowest BCUT2D eigenvalue weighted by atomic mass is 10.2. The molecule has 8 nitrogen and oxygen atoms in total. The van der Waals surface area contributed by atoms with Crippen molar-refractivity contribution in [1.29, 1.82) is 0 Å². The summed E-state index contributed by atoms with van der Waals surface area (Å²) in [4.78, 5) is 23.0. The Morgan fingerprint density at radius 2 is 1.75 bits per heavy atom. The van der Waals surface area contributed by atoms with Gasteiger partial charge in [0.1, 0.15) is 10.6 Å². The Balaban J connectivity index is 1.90. The number of benzene rings is 2. The summed E-state index contributed by atoms with van der Waals surface area (Å²) in [6, 6.07) is 10.6. The van der Waals surface area contributed by atoms with Crippen molar-refractivity contribution in [3.05, 3.63) is 53.1 Å². The van der Waals surface area contributed by atoms with Gasteiger partial charge in [-0.05, 0) is 42.5 Å². The zero-order valence-corrected chi connectivity index (χ0v) is 16.9. The molecule has 0 saturated carbocycles. The van der Waals surface area contributed by atoms with Crippen LogP contribution in [0.3, 0.4) is 0 Å². The number of amides is 2. The number of rotatable bonds is 8. The maximum absolute atomic E-state index is 12.4. The zero-order valence-electron chi connectivity index (χ0n) is 15.3. The number of hydrogen-bond donors (Lipinski definition) is 3. The van der Waals surface area contributed by atoms with Gasteiger partial charge in [-0.1, -0.05) is 11.6 Å². The van der Waals surface area contributed by atoms with Crippen LogP contribution in [-0.4, -0.2) is 40.4 Å². The van der Waals surface area contributed by atoms with Crippen LogP contribution in [-0.2, 0) is 14.8 Å². The largest absolute Gasteiger partial charge is 0.495 e. The number of sulfonamides is 1. The molecule has 0 aliphatic carbocycles. The molecular weight excluding hydrogens is 406 g/mol. The maximum atomic E-state index is 12.4. The lowest BCUT2D eigenvalue weighted by molar-refractivity contribution is -0.114. The van der Waals surface area contributed by atoms with Crippen molar-refractivity contribution < 1.29 is 22.7 Å². The van der Waals surface area contributed by atoms with Crippen molar-refractivity contribution in [1.82, 2.24) is 10.0 Å². The van der Waals surface area contributed by atoms with Crippen LogP contribution in [0.15, 0.2) is 47.4 Å². The number of anilines is 1. The molecule has 0 atom stereocenters. The van der Waals surface area contributed by atoms with Crippen molar-refractivity contribution in [2.75, 3.05) is 25.5 Å². The van der Waals surface area contributed by atoms with Crippen LogP contribution in [0.1, 0.15) is 17.3 Å². The van der Waals surface area contributed by atoms with Crippen molar-refractivity contribution in [2.45, 2.75) is 11.8 Å². The zero-order chi connectivity index (χ0) is 20.7. The van der Waals surface area contributed by atoms with Crippen molar-refractivity contribution in [2.24, 2.45) is 0 Å². The van der Waals surface area contributed by atoms with Gasteiger partial charge in [-0.15, -0.1) is 0 Å². The van der Waals surface area contributed by atoms with Crippen molar-refractivity contribution in [3.63, 3.8) is 0 Å². The summed E-state index contributed by atoms with van der Waals surface area (Å²) in [7, 11) is -2.50. The molecule has 10 heteroatoms. The van der Waals surface area contributed by atoms with Crippen LogP contribution in [0.2, 0.25) is 5.02 Å². The van der Waals surface area contributed by atoms with E-state index in [0.29, 0.717) is 11.3 Å². The predicted octanol–water partition coefficient (Wildman–Crippen LogP) is 2.02. The van der Waals surface area contributed by atoms with Gasteiger partial charge in [0.15, 0.2) is 0 Å². The van der Waals surface area contributed by atoms with E-state index >= 15 is 0 Å². The molecule has 2 amide bonds. The average Bonchev–Trinajstić information content (AvgIpc) is 2.65. The van der Waals surface area contributed by atoms with Gasteiger partial charge in [0.25, 0.3) is 5.91 Å². The SMILES string of the molecule is COc1ccc(Cl)cc1S(=O)(=O)NCCNC(=O)c1ccc(NC(C)=O)cc1. The van der Waals surface area contributed by atoms with Gasteiger partial charge in [-0.25, -0.2) is 13.1 Å². The van der Waals surface area contributed by atoms with Gasteiger partial charge < -0.3 is 15.4 Å². The predicted molar refractivity (Wildman–Crippen MR) is 106 cm³/mol. The topological polar surface area (TPSA) is 114 Å². The first-order chi connectivity index (χ1) is 13.2. The number of carbonyl (C=O) groups excluding carboxylic acids is 2. The van der Waals surface area contributed by atoms with E-state index in [0.717, 1.165) is 0 Å². The molecule has 0 spiro atoms. The Morgan fingerprint density at radius 1 is 1.07 bits per heavy atom. The molecule has 0 heterocycles. The van der Waals surface area contributed by atoms with E-state index in [4.69, 9.17) is 16.3 Å². The van der Waals surface area contributed by atoms with E-state index in [9.17, 15) is 18.0 Å². The van der Waals surface area contributed by atoms with Gasteiger partial charge >= 0.3 is 0 Å². The van der Waals surface area contributed by atoms with E-state index in [-0.39, 0.29) is 40.6 Å². The fourth-order valence-electron chi connectivity index (χ4n) is 2.31. The summed E-state index contributed by atoms with van der Waals surface area (Å²) in [5, 5.41) is 5.48. The minimum atomic E-state index is -3.86. The molecule has 0 aliphatic rings. The third kappa shape index (κ3) is 5.95. The standard InChI is InChI=1S/C18H20ClN3O5S/c1-12(23)22-15-6-3-13(4-7-15)18(24)20-9-10-21-28(25,26)17-11-14(19)5-8-16(17)27-2/h3-8,11,21H,9-10H2,1-2H3,(H,20,24)(H,22,23). The molecule has 0 aliphatic heterocycles. The molecule has 3 N–H and O–H groups in total. The molecule has 0 radical (unpaired) electrons. The van der Waals surface area contributed by atoms with Crippen LogP contribution in [0, 0.1) is 0 Å². The lowest BCUT2D eigenvalue weighted by Gasteiger charge is -2.11. The fraction of sp³-hybridized carbons (Fsp3) is 0.222. The van der Waals surface area contributed by atoms with Gasteiger partial charge in [0.2, 0.25) is 15.9 Å². The minimum absolute atomic E-state index is 0.0201. The first-order valence-electron chi connectivity index (χ1n) is 8.22. The van der Waals surface area contributed by atoms with E-state index in [1.165, 1.54) is 32.2 Å². The van der Waals surface area contributed by atoms with E-state index in [1.807, 2.05) is 0 Å². The Bertz CT molecular complexity index is 962. The third-order valence-corrected chi connectivity index (χ3v) is 5.30. The van der Waals surface area contributed by atoms with E-state index in [1.54, 1.807) is 24.3 Å². The number of halogens is 1. The molecule has 0 unspecified atom stereocenters. The molecule has 0 fully saturated rings. The highest BCUT2D eigenvalue weighted by atomic mass is 35.5. The molecule has 150 valence electrons. The molecular formula is C18H20ClN3O5S. The summed E-state index contributed by atoms with van der Waals surface area (Å²) >= 11 is 5.86. The third-order valence-electron chi connectivity index (χ3n) is 3.59. The van der Waals surface area contributed by atoms with Crippen LogP contribution >= 0.6 is 11.6 Å². The molecule has 2 rings (SSSR count). The van der Waals surface area contributed by atoms with Crippen LogP contribution in [0.4, 0.5) is 5.69 Å².